The summed E-state index contributed by atoms with van der Waals surface area (Å²) in [7, 11) is 0. The number of aliphatic hydroxyl groups excluding tert-OH is 1. The number of aliphatic hydroxyl groups is 1. The average Bonchev–Trinajstić information content (AvgIpc) is 2.68. The number of likely N-dealkylation sites (tertiary alicyclic amines) is 1. The van der Waals surface area contributed by atoms with Crippen LogP contribution < -0.4 is 0 Å². The Bertz CT molecular complexity index is 480. The number of pyridine rings is 1. The molecule has 1 amide bonds. The molecule has 1 saturated heterocycles. The molecule has 1 aromatic heterocycles. The van der Waals surface area contributed by atoms with Crippen molar-refractivity contribution < 1.29 is 9.90 Å². The predicted molar refractivity (Wildman–Crippen MR) is 74.1 cm³/mol. The fraction of sp³-hybridized carbons (Fsp3) is 0.571. The van der Waals surface area contributed by atoms with Gasteiger partial charge in [-0.05, 0) is 31.2 Å². The van der Waals surface area contributed by atoms with Crippen LogP contribution >= 0.6 is 11.8 Å². The van der Waals surface area contributed by atoms with E-state index in [1.165, 1.54) is 11.8 Å². The third-order valence-corrected chi connectivity index (χ3v) is 4.98. The van der Waals surface area contributed by atoms with Gasteiger partial charge >= 0.3 is 0 Å². The van der Waals surface area contributed by atoms with E-state index < -0.39 is 0 Å². The normalized spacial score (nSPS) is 29.6. The van der Waals surface area contributed by atoms with Gasteiger partial charge in [0, 0.05) is 31.1 Å². The standard InChI is InChI=1S/C14H18N2O2S/c1-19-13-11(3-2-6-15-13)14(18)16-7-9-4-5-10(8-16)12(9)17/h2-3,6,9-10,12,17H,4-5,7-8H2,1H3/t9-,10+,12?. The van der Waals surface area contributed by atoms with E-state index in [1.807, 2.05) is 17.2 Å². The van der Waals surface area contributed by atoms with Crippen LogP contribution in [0.25, 0.3) is 0 Å². The lowest BCUT2D eigenvalue weighted by atomic mass is 9.94. The number of carbonyl (C=O) groups is 1. The van der Waals surface area contributed by atoms with Gasteiger partial charge in [-0.25, -0.2) is 4.98 Å². The van der Waals surface area contributed by atoms with Crippen molar-refractivity contribution in [3.63, 3.8) is 0 Å². The number of hydrogen-bond acceptors (Lipinski definition) is 4. The van der Waals surface area contributed by atoms with Crippen LogP contribution in [0.5, 0.6) is 0 Å². The summed E-state index contributed by atoms with van der Waals surface area (Å²) in [6.45, 7) is 1.36. The Morgan fingerprint density at radius 3 is 2.74 bits per heavy atom. The van der Waals surface area contributed by atoms with E-state index in [0.29, 0.717) is 18.7 Å². The number of carbonyl (C=O) groups excluding carboxylic acids is 1. The van der Waals surface area contributed by atoms with Crippen molar-refractivity contribution in [1.82, 2.24) is 9.88 Å². The molecule has 1 saturated carbocycles. The number of hydrogen-bond donors (Lipinski definition) is 1. The third kappa shape index (κ3) is 2.25. The van der Waals surface area contributed by atoms with Crippen molar-refractivity contribution in [3.8, 4) is 0 Å². The van der Waals surface area contributed by atoms with E-state index in [4.69, 9.17) is 0 Å². The summed E-state index contributed by atoms with van der Waals surface area (Å²) in [5, 5.41) is 10.8. The highest BCUT2D eigenvalue weighted by molar-refractivity contribution is 7.98. The number of amides is 1. The first-order valence-corrected chi connectivity index (χ1v) is 7.89. The highest BCUT2D eigenvalue weighted by Crippen LogP contribution is 2.37. The molecule has 102 valence electrons. The molecule has 19 heavy (non-hydrogen) atoms. The van der Waals surface area contributed by atoms with Gasteiger partial charge in [-0.1, -0.05) is 0 Å². The second-order valence-corrected chi connectivity index (χ2v) is 6.15. The molecule has 4 nitrogen and oxygen atoms in total. The molecular formula is C14H18N2O2S. The van der Waals surface area contributed by atoms with Crippen LogP contribution in [-0.2, 0) is 0 Å². The fourth-order valence-corrected chi connectivity index (χ4v) is 3.79. The van der Waals surface area contributed by atoms with Crippen LogP contribution in [-0.4, -0.2) is 46.3 Å². The monoisotopic (exact) mass is 278 g/mol. The topological polar surface area (TPSA) is 53.4 Å². The largest absolute Gasteiger partial charge is 0.392 e. The maximum Gasteiger partial charge on any atom is 0.256 e. The van der Waals surface area contributed by atoms with Gasteiger partial charge in [0.25, 0.3) is 5.91 Å². The van der Waals surface area contributed by atoms with E-state index in [1.54, 1.807) is 12.3 Å². The zero-order chi connectivity index (χ0) is 13.4. The fourth-order valence-electron chi connectivity index (χ4n) is 3.25. The first kappa shape index (κ1) is 12.9. The van der Waals surface area contributed by atoms with Crippen LogP contribution in [0.4, 0.5) is 0 Å². The summed E-state index contributed by atoms with van der Waals surface area (Å²) in [5.74, 6) is 0.579. The number of thioether (sulfide) groups is 1. The molecule has 3 rings (SSSR count). The smallest absolute Gasteiger partial charge is 0.256 e. The summed E-state index contributed by atoms with van der Waals surface area (Å²) >= 11 is 1.50. The molecule has 2 fully saturated rings. The Morgan fingerprint density at radius 1 is 1.42 bits per heavy atom. The van der Waals surface area contributed by atoms with Gasteiger partial charge in [-0.15, -0.1) is 11.8 Å². The molecule has 1 aliphatic carbocycles. The summed E-state index contributed by atoms with van der Waals surface area (Å²) in [6, 6.07) is 3.65. The molecule has 1 aromatic rings. The van der Waals surface area contributed by atoms with Gasteiger partial charge < -0.3 is 10.0 Å². The Hall–Kier alpha value is -1.07. The second kappa shape index (κ2) is 5.13. The Morgan fingerprint density at radius 2 is 2.11 bits per heavy atom. The Balaban J connectivity index is 1.81. The quantitative estimate of drug-likeness (QED) is 0.836. The predicted octanol–water partition coefficient (Wildman–Crippen LogP) is 1.65. The van der Waals surface area contributed by atoms with Gasteiger partial charge in [0.2, 0.25) is 0 Å². The number of fused-ring (bicyclic) bond motifs is 2. The maximum absolute atomic E-state index is 12.6. The van der Waals surface area contributed by atoms with Crippen LogP contribution in [0.2, 0.25) is 0 Å². The van der Waals surface area contributed by atoms with Gasteiger partial charge in [-0.3, -0.25) is 4.79 Å². The zero-order valence-corrected chi connectivity index (χ0v) is 11.8. The Labute approximate surface area is 117 Å². The van der Waals surface area contributed by atoms with Crippen molar-refractivity contribution in [3.05, 3.63) is 23.9 Å². The minimum absolute atomic E-state index is 0.0567. The van der Waals surface area contributed by atoms with Crippen molar-refractivity contribution in [2.24, 2.45) is 11.8 Å². The minimum Gasteiger partial charge on any atom is -0.392 e. The van der Waals surface area contributed by atoms with Crippen molar-refractivity contribution >= 4 is 17.7 Å². The number of nitrogens with zero attached hydrogens (tertiary/aromatic N) is 2. The summed E-state index contributed by atoms with van der Waals surface area (Å²) in [5.41, 5.74) is 0.686. The SMILES string of the molecule is CSc1ncccc1C(=O)N1C[C@H]2CC[C@@H](C1)C2O. The first-order valence-electron chi connectivity index (χ1n) is 6.67. The molecule has 3 atom stereocenters. The summed E-state index contributed by atoms with van der Waals surface area (Å²) < 4.78 is 0. The molecule has 0 aromatic carbocycles. The highest BCUT2D eigenvalue weighted by atomic mass is 32.2. The second-order valence-electron chi connectivity index (χ2n) is 5.36. The molecule has 2 bridgehead atoms. The van der Waals surface area contributed by atoms with Crippen molar-refractivity contribution in [2.75, 3.05) is 19.3 Å². The Kier molecular flexibility index (Phi) is 3.50. The molecule has 1 N–H and O–H groups in total. The van der Waals surface area contributed by atoms with E-state index in [2.05, 4.69) is 4.98 Å². The van der Waals surface area contributed by atoms with Crippen LogP contribution in [0.1, 0.15) is 23.2 Å². The van der Waals surface area contributed by atoms with Crippen LogP contribution in [0.3, 0.4) is 0 Å². The maximum atomic E-state index is 12.6. The van der Waals surface area contributed by atoms with E-state index in [9.17, 15) is 9.90 Å². The molecule has 5 heteroatoms. The molecule has 2 heterocycles. The summed E-state index contributed by atoms with van der Waals surface area (Å²) in [6.07, 6.45) is 5.52. The van der Waals surface area contributed by atoms with Gasteiger partial charge in [-0.2, -0.15) is 0 Å². The summed E-state index contributed by atoms with van der Waals surface area (Å²) in [4.78, 5) is 18.7. The zero-order valence-electron chi connectivity index (χ0n) is 11.0. The molecule has 1 aliphatic heterocycles. The number of rotatable bonds is 2. The van der Waals surface area contributed by atoms with Crippen molar-refractivity contribution in [1.29, 1.82) is 0 Å². The molecule has 1 unspecified atom stereocenters. The lowest BCUT2D eigenvalue weighted by Gasteiger charge is -2.35. The van der Waals surface area contributed by atoms with Gasteiger partial charge in [0.15, 0.2) is 0 Å². The van der Waals surface area contributed by atoms with Crippen molar-refractivity contribution in [2.45, 2.75) is 24.0 Å². The van der Waals surface area contributed by atoms with Crippen LogP contribution in [0, 0.1) is 11.8 Å². The van der Waals surface area contributed by atoms with Crippen LogP contribution in [0.15, 0.2) is 23.4 Å². The highest BCUT2D eigenvalue weighted by Gasteiger charge is 2.42. The lowest BCUT2D eigenvalue weighted by Crippen LogP contribution is -2.47. The van der Waals surface area contributed by atoms with Gasteiger partial charge in [0.05, 0.1) is 11.7 Å². The number of aromatic nitrogens is 1. The minimum atomic E-state index is -0.210. The van der Waals surface area contributed by atoms with E-state index >= 15 is 0 Å². The first-order chi connectivity index (χ1) is 9.20. The van der Waals surface area contributed by atoms with Gasteiger partial charge in [0.1, 0.15) is 5.03 Å². The third-order valence-electron chi connectivity index (χ3n) is 4.27. The molecule has 0 spiro atoms. The van der Waals surface area contributed by atoms with E-state index in [-0.39, 0.29) is 23.8 Å². The lowest BCUT2D eigenvalue weighted by molar-refractivity contribution is 0.0164. The number of piperidine rings is 1. The molecular weight excluding hydrogens is 260 g/mol. The molecule has 0 radical (unpaired) electrons. The average molecular weight is 278 g/mol. The molecule has 2 aliphatic rings. The van der Waals surface area contributed by atoms with E-state index in [0.717, 1.165) is 17.9 Å².